The van der Waals surface area contributed by atoms with Crippen molar-refractivity contribution in [2.45, 2.75) is 45.6 Å². The van der Waals surface area contributed by atoms with Crippen molar-refractivity contribution in [2.75, 3.05) is 23.3 Å². The Balaban J connectivity index is 1.51. The molecule has 1 aliphatic rings. The van der Waals surface area contributed by atoms with Gasteiger partial charge in [-0.1, -0.05) is 13.0 Å². The van der Waals surface area contributed by atoms with Crippen molar-refractivity contribution in [1.82, 2.24) is 5.32 Å². The van der Waals surface area contributed by atoms with Gasteiger partial charge in [-0.2, -0.15) is 0 Å². The molecular weight excluding hydrogens is 342 g/mol. The number of anilines is 2. The Morgan fingerprint density at radius 1 is 1.19 bits per heavy atom. The second kappa shape index (κ2) is 8.75. The first kappa shape index (κ1) is 19.0. The van der Waals surface area contributed by atoms with Crippen LogP contribution in [-0.4, -0.2) is 30.9 Å². The molecule has 1 unspecified atom stereocenters. The zero-order valence-electron chi connectivity index (χ0n) is 16.0. The summed E-state index contributed by atoms with van der Waals surface area (Å²) < 4.78 is 5.44. The summed E-state index contributed by atoms with van der Waals surface area (Å²) in [7, 11) is 0. The quantitative estimate of drug-likeness (QED) is 0.782. The Labute approximate surface area is 159 Å². The van der Waals surface area contributed by atoms with Crippen molar-refractivity contribution in [2.24, 2.45) is 0 Å². The summed E-state index contributed by atoms with van der Waals surface area (Å²) in [4.78, 5) is 26.8. The van der Waals surface area contributed by atoms with Crippen LogP contribution in [-0.2, 0) is 11.2 Å². The number of benzene rings is 1. The molecule has 0 aliphatic carbocycles. The summed E-state index contributed by atoms with van der Waals surface area (Å²) in [6.07, 6.45) is 3.36. The number of rotatable bonds is 7. The van der Waals surface area contributed by atoms with Gasteiger partial charge in [0, 0.05) is 43.3 Å². The second-order valence-corrected chi connectivity index (χ2v) is 6.99. The standard InChI is InChI=1S/C21H27N3O3/c1-3-18-9-10-19(27-18)21(26)22-15(2)13-20(25)23-16-7-6-8-17(14-16)24-11-4-5-12-24/h6-10,14-15H,3-5,11-13H2,1-2H3,(H,22,26)(H,23,25). The van der Waals surface area contributed by atoms with E-state index >= 15 is 0 Å². The van der Waals surface area contributed by atoms with E-state index in [1.165, 1.54) is 12.8 Å². The van der Waals surface area contributed by atoms with Crippen LogP contribution < -0.4 is 15.5 Å². The van der Waals surface area contributed by atoms with Gasteiger partial charge in [0.05, 0.1) is 0 Å². The minimum Gasteiger partial charge on any atom is -0.456 e. The lowest BCUT2D eigenvalue weighted by atomic mass is 10.2. The topological polar surface area (TPSA) is 74.6 Å². The van der Waals surface area contributed by atoms with Crippen molar-refractivity contribution >= 4 is 23.2 Å². The Bertz CT molecular complexity index is 793. The Morgan fingerprint density at radius 2 is 1.96 bits per heavy atom. The van der Waals surface area contributed by atoms with Crippen molar-refractivity contribution in [3.63, 3.8) is 0 Å². The molecule has 1 atom stereocenters. The van der Waals surface area contributed by atoms with Crippen LogP contribution in [0.25, 0.3) is 0 Å². The van der Waals surface area contributed by atoms with E-state index in [0.29, 0.717) is 0 Å². The van der Waals surface area contributed by atoms with Crippen LogP contribution in [0, 0.1) is 0 Å². The van der Waals surface area contributed by atoms with Crippen LogP contribution in [0.1, 0.15) is 49.4 Å². The third-order valence-electron chi connectivity index (χ3n) is 4.70. The third-order valence-corrected chi connectivity index (χ3v) is 4.70. The first-order valence-corrected chi connectivity index (χ1v) is 9.59. The highest BCUT2D eigenvalue weighted by molar-refractivity contribution is 5.94. The van der Waals surface area contributed by atoms with E-state index < -0.39 is 0 Å². The van der Waals surface area contributed by atoms with Crippen LogP contribution in [0.5, 0.6) is 0 Å². The largest absolute Gasteiger partial charge is 0.456 e. The SMILES string of the molecule is CCc1ccc(C(=O)NC(C)CC(=O)Nc2cccc(N3CCCC3)c2)o1. The number of furan rings is 1. The van der Waals surface area contributed by atoms with Crippen LogP contribution >= 0.6 is 0 Å². The molecule has 6 nitrogen and oxygen atoms in total. The summed E-state index contributed by atoms with van der Waals surface area (Å²) in [6.45, 7) is 5.90. The van der Waals surface area contributed by atoms with Crippen LogP contribution in [0.2, 0.25) is 0 Å². The van der Waals surface area contributed by atoms with Crippen LogP contribution in [0.15, 0.2) is 40.8 Å². The van der Waals surface area contributed by atoms with E-state index in [4.69, 9.17) is 4.42 Å². The van der Waals surface area contributed by atoms with E-state index in [0.717, 1.165) is 36.6 Å². The monoisotopic (exact) mass is 369 g/mol. The van der Waals surface area contributed by atoms with Gasteiger partial charge in [-0.25, -0.2) is 0 Å². The molecule has 2 aromatic rings. The highest BCUT2D eigenvalue weighted by Gasteiger charge is 2.17. The van der Waals surface area contributed by atoms with Gasteiger partial charge in [0.2, 0.25) is 5.91 Å². The molecule has 2 heterocycles. The predicted molar refractivity (Wildman–Crippen MR) is 106 cm³/mol. The number of amides is 2. The first-order valence-electron chi connectivity index (χ1n) is 9.59. The molecular formula is C21H27N3O3. The number of nitrogens with one attached hydrogen (secondary N) is 2. The molecule has 1 fully saturated rings. The maximum atomic E-state index is 12.3. The average Bonchev–Trinajstić information content (AvgIpc) is 3.33. The number of hydrogen-bond donors (Lipinski definition) is 2. The molecule has 1 aromatic carbocycles. The molecule has 0 saturated carbocycles. The van der Waals surface area contributed by atoms with E-state index in [1.54, 1.807) is 12.1 Å². The van der Waals surface area contributed by atoms with E-state index in [-0.39, 0.29) is 30.0 Å². The summed E-state index contributed by atoms with van der Waals surface area (Å²) in [5.41, 5.74) is 1.91. The maximum Gasteiger partial charge on any atom is 0.287 e. The summed E-state index contributed by atoms with van der Waals surface area (Å²) in [6, 6.07) is 11.1. The third kappa shape index (κ3) is 5.12. The number of carbonyl (C=O) groups is 2. The van der Waals surface area contributed by atoms with Crippen molar-refractivity contribution in [3.8, 4) is 0 Å². The number of nitrogens with zero attached hydrogens (tertiary/aromatic N) is 1. The molecule has 6 heteroatoms. The average molecular weight is 369 g/mol. The van der Waals surface area contributed by atoms with Crippen molar-refractivity contribution < 1.29 is 14.0 Å². The Hall–Kier alpha value is -2.76. The number of hydrogen-bond acceptors (Lipinski definition) is 4. The molecule has 144 valence electrons. The van der Waals surface area contributed by atoms with Gasteiger partial charge in [0.15, 0.2) is 5.76 Å². The van der Waals surface area contributed by atoms with Crippen molar-refractivity contribution in [3.05, 3.63) is 47.9 Å². The molecule has 1 aromatic heterocycles. The van der Waals surface area contributed by atoms with E-state index in [9.17, 15) is 9.59 Å². The minimum absolute atomic E-state index is 0.130. The fourth-order valence-electron chi connectivity index (χ4n) is 3.28. The highest BCUT2D eigenvalue weighted by atomic mass is 16.3. The fraction of sp³-hybridized carbons (Fsp3) is 0.429. The molecule has 0 bridgehead atoms. The maximum absolute atomic E-state index is 12.3. The predicted octanol–water partition coefficient (Wildman–Crippen LogP) is 3.59. The molecule has 3 rings (SSSR count). The van der Waals surface area contributed by atoms with E-state index in [1.807, 2.05) is 32.0 Å². The summed E-state index contributed by atoms with van der Waals surface area (Å²) in [5.74, 6) is 0.613. The smallest absolute Gasteiger partial charge is 0.287 e. The van der Waals surface area contributed by atoms with Crippen LogP contribution in [0.3, 0.4) is 0 Å². The van der Waals surface area contributed by atoms with Gasteiger partial charge in [-0.3, -0.25) is 9.59 Å². The first-order chi connectivity index (χ1) is 13.0. The molecule has 0 spiro atoms. The summed E-state index contributed by atoms with van der Waals surface area (Å²) in [5, 5.41) is 5.73. The Morgan fingerprint density at radius 3 is 2.67 bits per heavy atom. The lowest BCUT2D eigenvalue weighted by Gasteiger charge is -2.19. The van der Waals surface area contributed by atoms with Gasteiger partial charge >= 0.3 is 0 Å². The number of carbonyl (C=O) groups excluding carboxylic acids is 2. The molecule has 1 saturated heterocycles. The lowest BCUT2D eigenvalue weighted by molar-refractivity contribution is -0.116. The number of aryl methyl sites for hydroxylation is 1. The molecule has 0 radical (unpaired) electrons. The van der Waals surface area contributed by atoms with E-state index in [2.05, 4.69) is 21.6 Å². The zero-order chi connectivity index (χ0) is 19.2. The zero-order valence-corrected chi connectivity index (χ0v) is 16.0. The second-order valence-electron chi connectivity index (χ2n) is 6.99. The normalized spacial score (nSPS) is 14.8. The highest BCUT2D eigenvalue weighted by Crippen LogP contribution is 2.23. The van der Waals surface area contributed by atoms with Crippen molar-refractivity contribution in [1.29, 1.82) is 0 Å². The van der Waals surface area contributed by atoms with Crippen LogP contribution in [0.4, 0.5) is 11.4 Å². The van der Waals surface area contributed by atoms with Gasteiger partial charge in [-0.15, -0.1) is 0 Å². The Kier molecular flexibility index (Phi) is 6.16. The van der Waals surface area contributed by atoms with Gasteiger partial charge < -0.3 is 20.0 Å². The van der Waals surface area contributed by atoms with Gasteiger partial charge in [-0.05, 0) is 50.1 Å². The molecule has 2 N–H and O–H groups in total. The fourth-order valence-corrected chi connectivity index (χ4v) is 3.28. The lowest BCUT2D eigenvalue weighted by Crippen LogP contribution is -2.35. The van der Waals surface area contributed by atoms with Gasteiger partial charge in [0.25, 0.3) is 5.91 Å². The summed E-state index contributed by atoms with van der Waals surface area (Å²) >= 11 is 0. The molecule has 27 heavy (non-hydrogen) atoms. The minimum atomic E-state index is -0.300. The molecule has 2 amide bonds. The molecule has 1 aliphatic heterocycles. The van der Waals surface area contributed by atoms with Gasteiger partial charge in [0.1, 0.15) is 5.76 Å².